The average Bonchev–Trinajstić information content (AvgIpc) is 3.21. The lowest BCUT2D eigenvalue weighted by atomic mass is 10.2. The third-order valence-corrected chi connectivity index (χ3v) is 4.93. The van der Waals surface area contributed by atoms with Crippen LogP contribution < -0.4 is 23.8 Å². The molecule has 4 rings (SSSR count). The van der Waals surface area contributed by atoms with Crippen LogP contribution in [0.5, 0.6) is 23.0 Å². The van der Waals surface area contributed by atoms with E-state index in [-0.39, 0.29) is 17.6 Å². The van der Waals surface area contributed by atoms with Gasteiger partial charge in [-0.3, -0.25) is 0 Å². The molecule has 10 heteroatoms. The molecule has 2 aromatic carbocycles. The highest BCUT2D eigenvalue weighted by atomic mass is 19.4. The first-order chi connectivity index (χ1) is 14.9. The van der Waals surface area contributed by atoms with Gasteiger partial charge in [-0.15, -0.1) is 13.2 Å². The Hall–Kier alpha value is -3.43. The molecule has 0 radical (unpaired) electrons. The minimum absolute atomic E-state index is 0.0469. The predicted octanol–water partition coefficient (Wildman–Crippen LogP) is 4.20. The summed E-state index contributed by atoms with van der Waals surface area (Å²) in [4.78, 5) is 10.7. The van der Waals surface area contributed by atoms with Crippen LogP contribution in [0.3, 0.4) is 0 Å². The summed E-state index contributed by atoms with van der Waals surface area (Å²) in [5.74, 6) is 1.49. The van der Waals surface area contributed by atoms with Crippen LogP contribution in [0.15, 0.2) is 42.7 Å². The molecule has 0 bridgehead atoms. The van der Waals surface area contributed by atoms with E-state index < -0.39 is 6.36 Å². The zero-order valence-corrected chi connectivity index (χ0v) is 16.8. The Morgan fingerprint density at radius 2 is 1.68 bits per heavy atom. The number of methoxy groups -OCH3 is 2. The molecular formula is C21H20F3N3O4. The van der Waals surface area contributed by atoms with Crippen LogP contribution in [0.2, 0.25) is 0 Å². The fourth-order valence-corrected chi connectivity index (χ4v) is 3.57. The molecule has 1 atom stereocenters. The molecule has 1 aliphatic heterocycles. The molecule has 0 saturated carbocycles. The second-order valence-corrected chi connectivity index (χ2v) is 6.89. The summed E-state index contributed by atoms with van der Waals surface area (Å²) < 4.78 is 58.6. The minimum atomic E-state index is -4.79. The van der Waals surface area contributed by atoms with Gasteiger partial charge >= 0.3 is 6.36 Å². The van der Waals surface area contributed by atoms with Crippen molar-refractivity contribution in [2.75, 3.05) is 32.2 Å². The second-order valence-electron chi connectivity index (χ2n) is 6.89. The van der Waals surface area contributed by atoms with Crippen LogP contribution in [0.4, 0.5) is 19.0 Å². The average molecular weight is 435 g/mol. The smallest absolute Gasteiger partial charge is 0.493 e. The van der Waals surface area contributed by atoms with Gasteiger partial charge in [0.05, 0.1) is 26.3 Å². The molecule has 0 N–H and O–H groups in total. The number of alkyl halides is 3. The maximum atomic E-state index is 12.7. The molecule has 0 unspecified atom stereocenters. The van der Waals surface area contributed by atoms with Crippen LogP contribution in [0.25, 0.3) is 10.9 Å². The number of hydrogen-bond acceptors (Lipinski definition) is 7. The van der Waals surface area contributed by atoms with Gasteiger partial charge in [-0.05, 0) is 18.2 Å². The fourth-order valence-electron chi connectivity index (χ4n) is 3.57. The highest BCUT2D eigenvalue weighted by Gasteiger charge is 2.33. The summed E-state index contributed by atoms with van der Waals surface area (Å²) in [5.41, 5.74) is 0.691. The molecule has 2 heterocycles. The van der Waals surface area contributed by atoms with Crippen molar-refractivity contribution in [2.45, 2.75) is 18.9 Å². The third-order valence-electron chi connectivity index (χ3n) is 4.93. The first-order valence-electron chi connectivity index (χ1n) is 9.51. The van der Waals surface area contributed by atoms with Crippen LogP contribution in [0.1, 0.15) is 6.42 Å². The molecule has 1 aromatic heterocycles. The van der Waals surface area contributed by atoms with E-state index in [1.807, 2.05) is 11.0 Å². The van der Waals surface area contributed by atoms with Crippen molar-refractivity contribution in [3.8, 4) is 23.0 Å². The molecule has 0 aliphatic carbocycles. The lowest BCUT2D eigenvalue weighted by Gasteiger charge is -2.21. The number of halogens is 3. The molecule has 7 nitrogen and oxygen atoms in total. The van der Waals surface area contributed by atoms with E-state index in [0.29, 0.717) is 42.3 Å². The Bertz CT molecular complexity index is 1080. The fraction of sp³-hybridized carbons (Fsp3) is 0.333. The lowest BCUT2D eigenvalue weighted by molar-refractivity contribution is -0.275. The number of para-hydroxylation sites is 2. The van der Waals surface area contributed by atoms with E-state index in [0.717, 1.165) is 5.39 Å². The van der Waals surface area contributed by atoms with E-state index in [1.165, 1.54) is 24.5 Å². The Balaban J connectivity index is 1.56. The number of hydrogen-bond donors (Lipinski definition) is 0. The van der Waals surface area contributed by atoms with Gasteiger partial charge in [0.25, 0.3) is 0 Å². The van der Waals surface area contributed by atoms with E-state index in [2.05, 4.69) is 14.7 Å². The van der Waals surface area contributed by atoms with Gasteiger partial charge in [0.2, 0.25) is 0 Å². The third kappa shape index (κ3) is 4.52. The van der Waals surface area contributed by atoms with Gasteiger partial charge in [-0.1, -0.05) is 12.1 Å². The number of benzene rings is 2. The number of anilines is 1. The molecule has 0 spiro atoms. The van der Waals surface area contributed by atoms with Crippen molar-refractivity contribution in [2.24, 2.45) is 0 Å². The monoisotopic (exact) mass is 435 g/mol. The second kappa shape index (κ2) is 8.37. The largest absolute Gasteiger partial charge is 0.573 e. The number of nitrogens with zero attached hydrogens (tertiary/aromatic N) is 3. The maximum absolute atomic E-state index is 12.7. The molecule has 164 valence electrons. The van der Waals surface area contributed by atoms with Gasteiger partial charge in [-0.25, -0.2) is 9.97 Å². The Labute approximate surface area is 176 Å². The van der Waals surface area contributed by atoms with E-state index in [4.69, 9.17) is 14.2 Å². The summed E-state index contributed by atoms with van der Waals surface area (Å²) in [7, 11) is 3.10. The van der Waals surface area contributed by atoms with Gasteiger partial charge < -0.3 is 23.8 Å². The Kier molecular flexibility index (Phi) is 5.62. The van der Waals surface area contributed by atoms with Gasteiger partial charge in [0.1, 0.15) is 18.2 Å². The standard InChI is InChI=1S/C21H20F3N3O4/c1-28-18-9-14-15(10-19(18)29-2)25-12-26-20(14)27-8-7-13(11-27)30-16-5-3-4-6-17(16)31-21(22,23)24/h3-6,9-10,12-13H,7-8,11H2,1-2H3/t13-/m1/s1. The first-order valence-corrected chi connectivity index (χ1v) is 9.51. The maximum Gasteiger partial charge on any atom is 0.573 e. The normalized spacial score (nSPS) is 16.4. The van der Waals surface area contributed by atoms with Crippen LogP contribution in [-0.4, -0.2) is 49.7 Å². The summed E-state index contributed by atoms with van der Waals surface area (Å²) >= 11 is 0. The van der Waals surface area contributed by atoms with Crippen molar-refractivity contribution < 1.29 is 32.1 Å². The van der Waals surface area contributed by atoms with Crippen molar-refractivity contribution in [3.05, 3.63) is 42.7 Å². The van der Waals surface area contributed by atoms with Gasteiger partial charge in [0, 0.05) is 24.4 Å². The van der Waals surface area contributed by atoms with Crippen molar-refractivity contribution >= 4 is 16.7 Å². The van der Waals surface area contributed by atoms with E-state index in [9.17, 15) is 13.2 Å². The summed E-state index contributed by atoms with van der Waals surface area (Å²) in [5, 5.41) is 0.779. The number of rotatable bonds is 6. The topological polar surface area (TPSA) is 65.9 Å². The number of ether oxygens (including phenoxy) is 4. The van der Waals surface area contributed by atoms with Crippen LogP contribution in [0, 0.1) is 0 Å². The van der Waals surface area contributed by atoms with Crippen LogP contribution >= 0.6 is 0 Å². The first kappa shape index (κ1) is 20.8. The van der Waals surface area contributed by atoms with Gasteiger partial charge in [-0.2, -0.15) is 0 Å². The zero-order chi connectivity index (χ0) is 22.0. The van der Waals surface area contributed by atoms with E-state index >= 15 is 0 Å². The zero-order valence-electron chi connectivity index (χ0n) is 16.8. The lowest BCUT2D eigenvalue weighted by Crippen LogP contribution is -2.26. The SMILES string of the molecule is COc1cc2ncnc(N3CC[C@@H](Oc4ccccc4OC(F)(F)F)C3)c2cc1OC. The Morgan fingerprint density at radius 3 is 2.39 bits per heavy atom. The van der Waals surface area contributed by atoms with Crippen LogP contribution in [-0.2, 0) is 0 Å². The molecule has 1 saturated heterocycles. The molecule has 1 fully saturated rings. The highest BCUT2D eigenvalue weighted by molar-refractivity contribution is 5.92. The Morgan fingerprint density at radius 1 is 0.968 bits per heavy atom. The predicted molar refractivity (Wildman–Crippen MR) is 107 cm³/mol. The highest BCUT2D eigenvalue weighted by Crippen LogP contribution is 2.37. The summed E-state index contributed by atoms with van der Waals surface area (Å²) in [6.45, 7) is 1.06. The number of fused-ring (bicyclic) bond motifs is 1. The quantitative estimate of drug-likeness (QED) is 0.575. The van der Waals surface area contributed by atoms with Crippen molar-refractivity contribution in [1.82, 2.24) is 9.97 Å². The van der Waals surface area contributed by atoms with Crippen molar-refractivity contribution in [1.29, 1.82) is 0 Å². The summed E-state index contributed by atoms with van der Waals surface area (Å²) in [6.07, 6.45) is -3.05. The molecule has 31 heavy (non-hydrogen) atoms. The summed E-state index contributed by atoms with van der Waals surface area (Å²) in [6, 6.07) is 9.33. The molecular weight excluding hydrogens is 415 g/mol. The van der Waals surface area contributed by atoms with Crippen molar-refractivity contribution in [3.63, 3.8) is 0 Å². The van der Waals surface area contributed by atoms with Gasteiger partial charge in [0.15, 0.2) is 23.0 Å². The van der Waals surface area contributed by atoms with E-state index in [1.54, 1.807) is 26.4 Å². The molecule has 0 amide bonds. The molecule has 1 aliphatic rings. The minimum Gasteiger partial charge on any atom is -0.493 e. The molecule has 3 aromatic rings. The number of aromatic nitrogens is 2.